The van der Waals surface area contributed by atoms with Crippen molar-refractivity contribution < 1.29 is 0 Å². The normalized spacial score (nSPS) is 12.2. The van der Waals surface area contributed by atoms with Crippen molar-refractivity contribution in [1.29, 1.82) is 0 Å². The van der Waals surface area contributed by atoms with E-state index in [4.69, 9.17) is 92.8 Å². The minimum Gasteiger partial charge on any atom is -0.0843 e. The summed E-state index contributed by atoms with van der Waals surface area (Å²) in [5.74, 6) is 0.297. The van der Waals surface area contributed by atoms with Crippen LogP contribution in [-0.2, 0) is 11.8 Å². The van der Waals surface area contributed by atoms with E-state index in [-0.39, 0.29) is 0 Å². The van der Waals surface area contributed by atoms with Gasteiger partial charge >= 0.3 is 0 Å². The molecule has 6 rings (SSSR count). The molecule has 0 saturated heterocycles. The van der Waals surface area contributed by atoms with Crippen LogP contribution in [0.25, 0.3) is 21.5 Å². The van der Waals surface area contributed by atoms with Crippen LogP contribution in [0.4, 0.5) is 0 Å². The fourth-order valence-corrected chi connectivity index (χ4v) is 9.04. The second-order valence-electron chi connectivity index (χ2n) is 12.1. The molecule has 0 spiro atoms. The molecular weight excluding hydrogens is 764 g/mol. The molecule has 48 heavy (non-hydrogen) atoms. The molecule has 0 aliphatic carbocycles. The first-order valence-corrected chi connectivity index (χ1v) is 18.5. The Morgan fingerprint density at radius 2 is 0.979 bits per heavy atom. The highest BCUT2D eigenvalue weighted by Gasteiger charge is 2.35. The lowest BCUT2D eigenvalue weighted by Gasteiger charge is -2.34. The Morgan fingerprint density at radius 1 is 0.521 bits per heavy atom. The molecule has 0 heterocycles. The van der Waals surface area contributed by atoms with Crippen LogP contribution in [-0.4, -0.2) is 0 Å². The minimum atomic E-state index is -0.431. The number of hydrogen-bond acceptors (Lipinski definition) is 0. The molecule has 0 aromatic heterocycles. The fraction of sp³-hybridized carbons (Fsp3) is 0.200. The van der Waals surface area contributed by atoms with Crippen LogP contribution >= 0.6 is 92.8 Å². The summed E-state index contributed by atoms with van der Waals surface area (Å²) >= 11 is 50.8. The largest absolute Gasteiger partial charge is 0.0843 e. The number of rotatable bonds is 7. The Morgan fingerprint density at radius 3 is 1.48 bits per heavy atom. The maximum atomic E-state index is 6.43. The van der Waals surface area contributed by atoms with Crippen molar-refractivity contribution in [2.45, 2.75) is 51.4 Å². The quantitative estimate of drug-likeness (QED) is 0.151. The first kappa shape index (κ1) is 37.4. The zero-order chi connectivity index (χ0) is 34.7. The molecule has 6 aromatic carbocycles. The van der Waals surface area contributed by atoms with Crippen molar-refractivity contribution in [3.63, 3.8) is 0 Å². The number of benzene rings is 6. The van der Waals surface area contributed by atoms with Crippen molar-refractivity contribution in [3.8, 4) is 0 Å². The summed E-state index contributed by atoms with van der Waals surface area (Å²) in [5.41, 5.74) is 3.83. The summed E-state index contributed by atoms with van der Waals surface area (Å²) in [6.07, 6.45) is 2.69. The van der Waals surface area contributed by atoms with Crippen LogP contribution in [0.1, 0.15) is 61.8 Å². The molecular formula is C40H32Cl8. The van der Waals surface area contributed by atoms with Crippen LogP contribution in [0.2, 0.25) is 40.2 Å². The van der Waals surface area contributed by atoms with E-state index >= 15 is 0 Å². The van der Waals surface area contributed by atoms with Crippen molar-refractivity contribution in [3.05, 3.63) is 159 Å². The molecule has 6 aromatic rings. The molecule has 248 valence electrons. The second-order valence-corrected chi connectivity index (χ2v) is 15.4. The first-order chi connectivity index (χ1) is 22.8. The lowest BCUT2D eigenvalue weighted by Crippen LogP contribution is -2.25. The van der Waals surface area contributed by atoms with Gasteiger partial charge in [-0.2, -0.15) is 0 Å². The average molecular weight is 796 g/mol. The van der Waals surface area contributed by atoms with Gasteiger partial charge < -0.3 is 0 Å². The van der Waals surface area contributed by atoms with Gasteiger partial charge in [0.15, 0.2) is 0 Å². The fourth-order valence-electron chi connectivity index (χ4n) is 6.63. The summed E-state index contributed by atoms with van der Waals surface area (Å²) < 4.78 is 0. The summed E-state index contributed by atoms with van der Waals surface area (Å²) in [6, 6.07) is 31.0. The second kappa shape index (κ2) is 16.0. The SMILES string of the molecule is CC(Cc1ccc(Cl)c2cc(Cl)ccc12)c1ccc(Cl)c2cc(Cl)ccc12.CCCC(C)(c1c(Cl)cccc1Cl)c1c(Cl)cccc1Cl. The Hall–Kier alpha value is -1.84. The predicted octanol–water partition coefficient (Wildman–Crippen LogP) is 16.4. The van der Waals surface area contributed by atoms with Crippen molar-refractivity contribution >= 4 is 114 Å². The van der Waals surface area contributed by atoms with E-state index < -0.39 is 5.41 Å². The predicted molar refractivity (Wildman–Crippen MR) is 214 cm³/mol. The van der Waals surface area contributed by atoms with E-state index in [2.05, 4.69) is 39.0 Å². The molecule has 0 N–H and O–H groups in total. The lowest BCUT2D eigenvalue weighted by atomic mass is 9.73. The van der Waals surface area contributed by atoms with Crippen molar-refractivity contribution in [2.75, 3.05) is 0 Å². The molecule has 0 saturated carbocycles. The molecule has 0 amide bonds. The summed E-state index contributed by atoms with van der Waals surface area (Å²) in [7, 11) is 0. The molecule has 0 radical (unpaired) electrons. The van der Waals surface area contributed by atoms with E-state index in [1.54, 1.807) is 0 Å². The highest BCUT2D eigenvalue weighted by atomic mass is 35.5. The van der Waals surface area contributed by atoms with Gasteiger partial charge in [0.25, 0.3) is 0 Å². The Bertz CT molecular complexity index is 2010. The molecule has 0 aliphatic heterocycles. The van der Waals surface area contributed by atoms with E-state index in [9.17, 15) is 0 Å². The Kier molecular flexibility index (Phi) is 12.5. The Labute approximate surface area is 322 Å². The molecule has 1 atom stereocenters. The number of halogens is 8. The smallest absolute Gasteiger partial charge is 0.0485 e. The summed E-state index contributed by atoms with van der Waals surface area (Å²) in [6.45, 7) is 6.44. The van der Waals surface area contributed by atoms with Crippen LogP contribution < -0.4 is 0 Å². The zero-order valence-corrected chi connectivity index (χ0v) is 32.5. The zero-order valence-electron chi connectivity index (χ0n) is 26.5. The van der Waals surface area contributed by atoms with E-state index in [1.807, 2.05) is 78.9 Å². The lowest BCUT2D eigenvalue weighted by molar-refractivity contribution is 0.512. The summed E-state index contributed by atoms with van der Waals surface area (Å²) in [5, 5.41) is 9.60. The molecule has 0 nitrogen and oxygen atoms in total. The van der Waals surface area contributed by atoms with E-state index in [0.29, 0.717) is 36.1 Å². The Balaban J connectivity index is 0.000000194. The van der Waals surface area contributed by atoms with Gasteiger partial charge in [-0.3, -0.25) is 0 Å². The van der Waals surface area contributed by atoms with E-state index in [0.717, 1.165) is 62.0 Å². The standard InChI is InChI=1S/C23H16Cl4.C17H16Cl4/c1-13(17-7-9-23(27)21-12-16(25)4-6-19(17)21)10-14-2-8-22(26)20-11-15(24)3-5-18(14)20;1-3-10-17(2,15-11(18)6-4-7-12(15)19)16-13(20)8-5-9-14(16)21/h2-9,11-13H,10H2,1H3;4-9H,3,10H2,1-2H3. The van der Waals surface area contributed by atoms with Crippen LogP contribution in [0.3, 0.4) is 0 Å². The highest BCUT2D eigenvalue weighted by Crippen LogP contribution is 2.48. The van der Waals surface area contributed by atoms with Gasteiger partial charge in [0, 0.05) is 56.4 Å². The monoisotopic (exact) mass is 792 g/mol. The van der Waals surface area contributed by atoms with Crippen LogP contribution in [0, 0.1) is 0 Å². The van der Waals surface area contributed by atoms with Gasteiger partial charge in [0.1, 0.15) is 0 Å². The molecule has 0 bridgehead atoms. The van der Waals surface area contributed by atoms with Gasteiger partial charge in [0.2, 0.25) is 0 Å². The topological polar surface area (TPSA) is 0 Å². The third kappa shape index (κ3) is 7.88. The molecule has 0 fully saturated rings. The van der Waals surface area contributed by atoms with Crippen LogP contribution in [0.15, 0.2) is 97.1 Å². The highest BCUT2D eigenvalue weighted by molar-refractivity contribution is 6.39. The van der Waals surface area contributed by atoms with Crippen LogP contribution in [0.5, 0.6) is 0 Å². The maximum absolute atomic E-state index is 6.43. The molecule has 8 heteroatoms. The minimum absolute atomic E-state index is 0.297. The van der Waals surface area contributed by atoms with Gasteiger partial charge in [0.05, 0.1) is 0 Å². The van der Waals surface area contributed by atoms with Gasteiger partial charge in [-0.05, 0) is 112 Å². The molecule has 1 unspecified atom stereocenters. The number of fused-ring (bicyclic) bond motifs is 2. The van der Waals surface area contributed by atoms with Crippen molar-refractivity contribution in [2.24, 2.45) is 0 Å². The number of hydrogen-bond donors (Lipinski definition) is 0. The third-order valence-corrected chi connectivity index (χ3v) is 11.2. The summed E-state index contributed by atoms with van der Waals surface area (Å²) in [4.78, 5) is 0. The average Bonchev–Trinajstić information content (AvgIpc) is 3.03. The maximum Gasteiger partial charge on any atom is 0.0485 e. The van der Waals surface area contributed by atoms with Gasteiger partial charge in [-0.15, -0.1) is 0 Å². The van der Waals surface area contributed by atoms with Gasteiger partial charge in [-0.25, -0.2) is 0 Å². The molecule has 0 aliphatic rings. The van der Waals surface area contributed by atoms with Crippen molar-refractivity contribution in [1.82, 2.24) is 0 Å². The van der Waals surface area contributed by atoms with Gasteiger partial charge in [-0.1, -0.05) is 156 Å². The third-order valence-electron chi connectivity index (χ3n) is 8.81. The van der Waals surface area contributed by atoms with E-state index in [1.165, 1.54) is 11.1 Å². The first-order valence-electron chi connectivity index (χ1n) is 15.5.